The van der Waals surface area contributed by atoms with Gasteiger partial charge in [-0.3, -0.25) is 4.79 Å². The van der Waals surface area contributed by atoms with Gasteiger partial charge in [-0.15, -0.1) is 0 Å². The second-order valence-electron chi connectivity index (χ2n) is 3.31. The molecule has 0 saturated heterocycles. The normalized spacial score (nSPS) is 10.2. The molecule has 1 aromatic rings. The minimum absolute atomic E-state index is 0.179. The SMILES string of the molecule is COC(=O)/C=C/c1ccccc1CC(=O)OC. The molecule has 0 saturated carbocycles. The number of ether oxygens (including phenoxy) is 2. The van der Waals surface area contributed by atoms with Crippen LogP contribution in [0.3, 0.4) is 0 Å². The van der Waals surface area contributed by atoms with E-state index in [2.05, 4.69) is 9.47 Å². The summed E-state index contributed by atoms with van der Waals surface area (Å²) < 4.78 is 9.10. The van der Waals surface area contributed by atoms with E-state index >= 15 is 0 Å². The Hall–Kier alpha value is -2.10. The van der Waals surface area contributed by atoms with Crippen molar-refractivity contribution in [2.75, 3.05) is 14.2 Å². The van der Waals surface area contributed by atoms with Gasteiger partial charge in [-0.1, -0.05) is 24.3 Å². The largest absolute Gasteiger partial charge is 0.469 e. The zero-order valence-electron chi connectivity index (χ0n) is 9.80. The van der Waals surface area contributed by atoms with E-state index in [4.69, 9.17) is 0 Å². The number of esters is 2. The molecular weight excluding hydrogens is 220 g/mol. The maximum absolute atomic E-state index is 11.2. The van der Waals surface area contributed by atoms with Gasteiger partial charge in [0.05, 0.1) is 20.6 Å². The van der Waals surface area contributed by atoms with Crippen LogP contribution in [-0.4, -0.2) is 26.2 Å². The molecular formula is C13H14O4. The van der Waals surface area contributed by atoms with Crippen LogP contribution >= 0.6 is 0 Å². The van der Waals surface area contributed by atoms with E-state index in [0.29, 0.717) is 0 Å². The first-order chi connectivity index (χ1) is 8.17. The van der Waals surface area contributed by atoms with E-state index in [0.717, 1.165) is 11.1 Å². The van der Waals surface area contributed by atoms with Crippen LogP contribution in [0.1, 0.15) is 11.1 Å². The van der Waals surface area contributed by atoms with Crippen molar-refractivity contribution in [2.24, 2.45) is 0 Å². The molecule has 0 heterocycles. The molecule has 0 fully saturated rings. The summed E-state index contributed by atoms with van der Waals surface area (Å²) in [7, 11) is 2.66. The zero-order chi connectivity index (χ0) is 12.7. The quantitative estimate of drug-likeness (QED) is 0.586. The van der Waals surface area contributed by atoms with Gasteiger partial charge in [-0.2, -0.15) is 0 Å². The van der Waals surface area contributed by atoms with E-state index < -0.39 is 5.97 Å². The van der Waals surface area contributed by atoms with Crippen molar-refractivity contribution in [2.45, 2.75) is 6.42 Å². The predicted molar refractivity (Wildman–Crippen MR) is 63.2 cm³/mol. The molecule has 0 N–H and O–H groups in total. The number of carbonyl (C=O) groups excluding carboxylic acids is 2. The van der Waals surface area contributed by atoms with E-state index in [9.17, 15) is 9.59 Å². The fourth-order valence-corrected chi connectivity index (χ4v) is 1.31. The van der Waals surface area contributed by atoms with Gasteiger partial charge in [0, 0.05) is 6.08 Å². The minimum Gasteiger partial charge on any atom is -0.469 e. The van der Waals surface area contributed by atoms with Crippen molar-refractivity contribution in [1.82, 2.24) is 0 Å². The fourth-order valence-electron chi connectivity index (χ4n) is 1.31. The lowest BCUT2D eigenvalue weighted by Gasteiger charge is -2.04. The van der Waals surface area contributed by atoms with Crippen LogP contribution in [0.15, 0.2) is 30.3 Å². The summed E-state index contributed by atoms with van der Waals surface area (Å²) in [6.07, 6.45) is 3.11. The van der Waals surface area contributed by atoms with E-state index in [1.54, 1.807) is 6.08 Å². The third-order valence-corrected chi connectivity index (χ3v) is 2.22. The van der Waals surface area contributed by atoms with Crippen LogP contribution in [0, 0.1) is 0 Å². The van der Waals surface area contributed by atoms with E-state index in [-0.39, 0.29) is 12.4 Å². The Morgan fingerprint density at radius 3 is 2.53 bits per heavy atom. The molecule has 1 rings (SSSR count). The molecule has 4 nitrogen and oxygen atoms in total. The molecule has 0 aliphatic heterocycles. The van der Waals surface area contributed by atoms with Crippen LogP contribution in [0.25, 0.3) is 6.08 Å². The summed E-state index contributed by atoms with van der Waals surface area (Å²) in [6, 6.07) is 7.29. The van der Waals surface area contributed by atoms with Gasteiger partial charge in [0.2, 0.25) is 0 Å². The highest BCUT2D eigenvalue weighted by Crippen LogP contribution is 2.12. The Balaban J connectivity index is 2.88. The monoisotopic (exact) mass is 234 g/mol. The average molecular weight is 234 g/mol. The Bertz CT molecular complexity index is 435. The van der Waals surface area contributed by atoms with Crippen molar-refractivity contribution < 1.29 is 19.1 Å². The van der Waals surface area contributed by atoms with Crippen LogP contribution in [-0.2, 0) is 25.5 Å². The Morgan fingerprint density at radius 1 is 1.18 bits per heavy atom. The predicted octanol–water partition coefficient (Wildman–Crippen LogP) is 1.59. The van der Waals surface area contributed by atoms with Crippen LogP contribution in [0.4, 0.5) is 0 Å². The van der Waals surface area contributed by atoms with Gasteiger partial charge < -0.3 is 9.47 Å². The fraction of sp³-hybridized carbons (Fsp3) is 0.231. The van der Waals surface area contributed by atoms with Crippen molar-refractivity contribution in [3.05, 3.63) is 41.5 Å². The molecule has 0 aliphatic rings. The van der Waals surface area contributed by atoms with E-state index in [1.165, 1.54) is 20.3 Å². The van der Waals surface area contributed by atoms with Gasteiger partial charge in [0.15, 0.2) is 0 Å². The first-order valence-electron chi connectivity index (χ1n) is 5.08. The first kappa shape index (κ1) is 13.0. The molecule has 1 aromatic carbocycles. The summed E-state index contributed by atoms with van der Waals surface area (Å²) in [5, 5.41) is 0. The van der Waals surface area contributed by atoms with Crippen molar-refractivity contribution in [3.63, 3.8) is 0 Å². The molecule has 0 spiro atoms. The highest BCUT2D eigenvalue weighted by atomic mass is 16.5. The van der Waals surface area contributed by atoms with Gasteiger partial charge >= 0.3 is 11.9 Å². The Kier molecular flexibility index (Phi) is 4.94. The number of hydrogen-bond acceptors (Lipinski definition) is 4. The lowest BCUT2D eigenvalue weighted by molar-refractivity contribution is -0.139. The summed E-state index contributed by atoms with van der Waals surface area (Å²) in [4.78, 5) is 22.2. The molecule has 90 valence electrons. The number of carbonyl (C=O) groups is 2. The summed E-state index contributed by atoms with van der Waals surface area (Å²) in [5.74, 6) is -0.748. The molecule has 17 heavy (non-hydrogen) atoms. The minimum atomic E-state index is -0.433. The summed E-state index contributed by atoms with van der Waals surface area (Å²) in [6.45, 7) is 0. The first-order valence-corrected chi connectivity index (χ1v) is 5.08. The van der Waals surface area contributed by atoms with E-state index in [1.807, 2.05) is 24.3 Å². The smallest absolute Gasteiger partial charge is 0.330 e. The molecule has 0 unspecified atom stereocenters. The summed E-state index contributed by atoms with van der Waals surface area (Å²) >= 11 is 0. The van der Waals surface area contributed by atoms with Crippen LogP contribution in [0.5, 0.6) is 0 Å². The number of hydrogen-bond donors (Lipinski definition) is 0. The molecule has 0 amide bonds. The van der Waals surface area contributed by atoms with Gasteiger partial charge in [-0.05, 0) is 17.2 Å². The molecule has 0 bridgehead atoms. The maximum Gasteiger partial charge on any atom is 0.330 e. The zero-order valence-corrected chi connectivity index (χ0v) is 9.80. The average Bonchev–Trinajstić information content (AvgIpc) is 2.37. The lowest BCUT2D eigenvalue weighted by Crippen LogP contribution is -2.05. The number of benzene rings is 1. The summed E-state index contributed by atoms with van der Waals surface area (Å²) in [5.41, 5.74) is 1.60. The third-order valence-electron chi connectivity index (χ3n) is 2.22. The van der Waals surface area contributed by atoms with Crippen LogP contribution < -0.4 is 0 Å². The standard InChI is InChI=1S/C13H14O4/c1-16-12(14)8-7-10-5-3-4-6-11(10)9-13(15)17-2/h3-8H,9H2,1-2H3/b8-7+. The van der Waals surface area contributed by atoms with Crippen molar-refractivity contribution >= 4 is 18.0 Å². The third kappa shape index (κ3) is 4.10. The molecule has 0 atom stereocenters. The Labute approximate surface area is 99.8 Å². The topological polar surface area (TPSA) is 52.6 Å². The van der Waals surface area contributed by atoms with Gasteiger partial charge in [-0.25, -0.2) is 4.79 Å². The molecule has 0 aromatic heterocycles. The second-order valence-corrected chi connectivity index (χ2v) is 3.31. The molecule has 0 radical (unpaired) electrons. The Morgan fingerprint density at radius 2 is 1.88 bits per heavy atom. The van der Waals surface area contributed by atoms with Gasteiger partial charge in [0.1, 0.15) is 0 Å². The highest BCUT2D eigenvalue weighted by Gasteiger charge is 2.05. The number of rotatable bonds is 4. The molecule has 4 heteroatoms. The van der Waals surface area contributed by atoms with Gasteiger partial charge in [0.25, 0.3) is 0 Å². The van der Waals surface area contributed by atoms with Crippen molar-refractivity contribution in [3.8, 4) is 0 Å². The maximum atomic E-state index is 11.2. The highest BCUT2D eigenvalue weighted by molar-refractivity contribution is 5.87. The van der Waals surface area contributed by atoms with Crippen LogP contribution in [0.2, 0.25) is 0 Å². The van der Waals surface area contributed by atoms with Crippen molar-refractivity contribution in [1.29, 1.82) is 0 Å². The second kappa shape index (κ2) is 6.48. The number of methoxy groups -OCH3 is 2. The lowest BCUT2D eigenvalue weighted by atomic mass is 10.0. The molecule has 0 aliphatic carbocycles.